The molecule has 0 bridgehead atoms. The molecule has 0 amide bonds. The summed E-state index contributed by atoms with van der Waals surface area (Å²) in [4.78, 5) is 2.10. The maximum atomic E-state index is 12.5. The van der Waals surface area contributed by atoms with Gasteiger partial charge in [-0.3, -0.25) is 13.9 Å². The van der Waals surface area contributed by atoms with E-state index in [1.807, 2.05) is 27.7 Å². The van der Waals surface area contributed by atoms with E-state index in [1.165, 1.54) is 5.54 Å². The zero-order valence-electron chi connectivity index (χ0n) is 12.9. The van der Waals surface area contributed by atoms with E-state index in [2.05, 4.69) is 4.90 Å². The number of likely N-dealkylation sites (N-methyl/N-ethyl adjacent to an activating group) is 1. The van der Waals surface area contributed by atoms with E-state index >= 15 is 0 Å². The molecule has 0 aliphatic heterocycles. The van der Waals surface area contributed by atoms with Gasteiger partial charge in [0.15, 0.2) is 0 Å². The second kappa shape index (κ2) is 11.6. The summed E-state index contributed by atoms with van der Waals surface area (Å²) in [5.41, 5.74) is 1.29. The maximum absolute atomic E-state index is 12.5. The van der Waals surface area contributed by atoms with Gasteiger partial charge in [-0.2, -0.15) is 0 Å². The molecule has 120 valence electrons. The van der Waals surface area contributed by atoms with Crippen molar-refractivity contribution in [2.45, 2.75) is 40.5 Å². The van der Waals surface area contributed by atoms with Crippen LogP contribution in [0.3, 0.4) is 0 Å². The van der Waals surface area contributed by atoms with E-state index in [4.69, 9.17) is 25.2 Å². The van der Waals surface area contributed by atoms with E-state index in [9.17, 15) is 4.57 Å². The van der Waals surface area contributed by atoms with Crippen molar-refractivity contribution in [2.24, 2.45) is 0 Å². The molecule has 0 rings (SSSR count). The first-order valence-electron chi connectivity index (χ1n) is 7.15. The number of hydrogen-bond donors (Lipinski definition) is 0. The van der Waals surface area contributed by atoms with Crippen molar-refractivity contribution in [1.82, 2.24) is 4.90 Å². The SMILES string of the molecule is CCCOP(=O)(OCCC)O/C(=C\Cl)CN(CC)CC. The molecule has 0 saturated carbocycles. The van der Waals surface area contributed by atoms with Gasteiger partial charge < -0.3 is 4.52 Å². The Morgan fingerprint density at radius 1 is 1.10 bits per heavy atom. The van der Waals surface area contributed by atoms with E-state index < -0.39 is 7.82 Å². The Labute approximate surface area is 127 Å². The fraction of sp³-hybridized carbons (Fsp3) is 0.846. The minimum absolute atomic E-state index is 0.321. The average molecular weight is 328 g/mol. The van der Waals surface area contributed by atoms with Crippen LogP contribution in [0.15, 0.2) is 11.3 Å². The minimum Gasteiger partial charge on any atom is -0.406 e. The Hall–Kier alpha value is -0.0600. The van der Waals surface area contributed by atoms with Crippen molar-refractivity contribution >= 4 is 19.4 Å². The topological polar surface area (TPSA) is 48.0 Å². The van der Waals surface area contributed by atoms with Gasteiger partial charge in [-0.25, -0.2) is 4.57 Å². The first-order valence-corrected chi connectivity index (χ1v) is 9.05. The summed E-state index contributed by atoms with van der Waals surface area (Å²) in [6.45, 7) is 10.8. The molecule has 5 nitrogen and oxygen atoms in total. The van der Waals surface area contributed by atoms with Crippen LogP contribution in [0.25, 0.3) is 0 Å². The van der Waals surface area contributed by atoms with Crippen LogP contribution in [0, 0.1) is 0 Å². The molecule has 0 spiro atoms. The highest BCUT2D eigenvalue weighted by Gasteiger charge is 2.29. The highest BCUT2D eigenvalue weighted by atomic mass is 35.5. The third-order valence-electron chi connectivity index (χ3n) is 2.53. The fourth-order valence-corrected chi connectivity index (χ4v) is 2.96. The predicted octanol–water partition coefficient (Wildman–Crippen LogP) is 4.39. The quantitative estimate of drug-likeness (QED) is 0.393. The Bertz CT molecular complexity index is 309. The van der Waals surface area contributed by atoms with Crippen LogP contribution in [-0.4, -0.2) is 37.7 Å². The number of rotatable bonds is 12. The number of hydrogen-bond acceptors (Lipinski definition) is 5. The van der Waals surface area contributed by atoms with Crippen LogP contribution in [0.1, 0.15) is 40.5 Å². The highest BCUT2D eigenvalue weighted by Crippen LogP contribution is 2.51. The van der Waals surface area contributed by atoms with Gasteiger partial charge in [-0.1, -0.05) is 39.3 Å². The molecule has 0 aromatic heterocycles. The molecule has 0 unspecified atom stereocenters. The zero-order valence-corrected chi connectivity index (χ0v) is 14.6. The molecule has 0 aromatic rings. The van der Waals surface area contributed by atoms with Crippen molar-refractivity contribution in [3.8, 4) is 0 Å². The van der Waals surface area contributed by atoms with Gasteiger partial charge in [0.25, 0.3) is 0 Å². The predicted molar refractivity (Wildman–Crippen MR) is 82.9 cm³/mol. The van der Waals surface area contributed by atoms with Crippen LogP contribution in [-0.2, 0) is 18.1 Å². The monoisotopic (exact) mass is 327 g/mol. The van der Waals surface area contributed by atoms with Crippen LogP contribution in [0.2, 0.25) is 0 Å². The van der Waals surface area contributed by atoms with Gasteiger partial charge in [0.1, 0.15) is 5.76 Å². The fourth-order valence-electron chi connectivity index (χ4n) is 1.39. The molecule has 0 atom stereocenters. The summed E-state index contributed by atoms with van der Waals surface area (Å²) in [6.07, 6.45) is 1.47. The summed E-state index contributed by atoms with van der Waals surface area (Å²) < 4.78 is 28.4. The molecule has 0 N–H and O–H groups in total. The lowest BCUT2D eigenvalue weighted by atomic mass is 10.4. The number of phosphoric ester groups is 1. The first kappa shape index (κ1) is 19.9. The lowest BCUT2D eigenvalue weighted by molar-refractivity contribution is 0.128. The Kier molecular flexibility index (Phi) is 11.5. The van der Waals surface area contributed by atoms with Crippen molar-refractivity contribution in [2.75, 3.05) is 32.8 Å². The third-order valence-corrected chi connectivity index (χ3v) is 4.23. The normalized spacial score (nSPS) is 13.0. The minimum atomic E-state index is -3.58. The third kappa shape index (κ3) is 8.28. The van der Waals surface area contributed by atoms with Crippen molar-refractivity contribution in [3.05, 3.63) is 11.3 Å². The van der Waals surface area contributed by atoms with E-state index in [1.54, 1.807) is 0 Å². The molecule has 7 heteroatoms. The largest absolute Gasteiger partial charge is 0.529 e. The molecule has 0 aromatic carbocycles. The summed E-state index contributed by atoms with van der Waals surface area (Å²) >= 11 is 5.75. The van der Waals surface area contributed by atoms with Crippen molar-refractivity contribution < 1.29 is 18.1 Å². The van der Waals surface area contributed by atoms with Gasteiger partial charge in [-0.15, -0.1) is 0 Å². The maximum Gasteiger partial charge on any atom is 0.529 e. The van der Waals surface area contributed by atoms with Crippen LogP contribution in [0.4, 0.5) is 0 Å². The molecule has 0 aliphatic carbocycles. The molecular formula is C13H27ClNO4P. The zero-order chi connectivity index (χ0) is 15.4. The lowest BCUT2D eigenvalue weighted by Crippen LogP contribution is -2.26. The number of phosphoric acid groups is 1. The molecule has 0 fully saturated rings. The summed E-state index contributed by atoms with van der Waals surface area (Å²) in [7, 11) is -3.58. The highest BCUT2D eigenvalue weighted by molar-refractivity contribution is 7.48. The Balaban J connectivity index is 4.70. The van der Waals surface area contributed by atoms with E-state index in [-0.39, 0.29) is 0 Å². The van der Waals surface area contributed by atoms with Gasteiger partial charge in [-0.05, 0) is 25.9 Å². The molecule has 0 heterocycles. The van der Waals surface area contributed by atoms with Crippen molar-refractivity contribution in [3.63, 3.8) is 0 Å². The molecule has 0 aliphatic rings. The Morgan fingerprint density at radius 2 is 1.60 bits per heavy atom. The van der Waals surface area contributed by atoms with Crippen LogP contribution >= 0.6 is 19.4 Å². The standard InChI is InChI=1S/C13H27ClNO4P/c1-5-9-17-20(16,18-10-6-2)19-13(11-14)12-15(7-3)8-4/h11H,5-10,12H2,1-4H3/b13-11-. The molecule has 0 radical (unpaired) electrons. The van der Waals surface area contributed by atoms with Gasteiger partial charge in [0.05, 0.1) is 19.8 Å². The van der Waals surface area contributed by atoms with Gasteiger partial charge in [0.2, 0.25) is 0 Å². The molecule has 0 saturated heterocycles. The average Bonchev–Trinajstić information content (AvgIpc) is 2.47. The van der Waals surface area contributed by atoms with E-state index in [0.29, 0.717) is 25.5 Å². The molecular weight excluding hydrogens is 301 g/mol. The first-order chi connectivity index (χ1) is 9.55. The summed E-state index contributed by atoms with van der Waals surface area (Å²) in [5, 5.41) is 0. The van der Waals surface area contributed by atoms with E-state index in [0.717, 1.165) is 25.9 Å². The van der Waals surface area contributed by atoms with Gasteiger partial charge >= 0.3 is 7.82 Å². The summed E-state index contributed by atoms with van der Waals surface area (Å²) in [5.74, 6) is 0.394. The smallest absolute Gasteiger partial charge is 0.406 e. The van der Waals surface area contributed by atoms with Crippen molar-refractivity contribution in [1.29, 1.82) is 0 Å². The lowest BCUT2D eigenvalue weighted by Gasteiger charge is -2.23. The second-order valence-corrected chi connectivity index (χ2v) is 6.05. The number of halogens is 1. The van der Waals surface area contributed by atoms with Crippen LogP contribution in [0.5, 0.6) is 0 Å². The second-order valence-electron chi connectivity index (χ2n) is 4.24. The molecule has 20 heavy (non-hydrogen) atoms. The van der Waals surface area contributed by atoms with Gasteiger partial charge in [0, 0.05) is 5.54 Å². The Morgan fingerprint density at radius 3 is 1.95 bits per heavy atom. The number of nitrogens with zero attached hydrogens (tertiary/aromatic N) is 1. The van der Waals surface area contributed by atoms with Crippen LogP contribution < -0.4 is 0 Å². The summed E-state index contributed by atoms with van der Waals surface area (Å²) in [6, 6.07) is 0.